The Hall–Kier alpha value is -0.100. The number of nitrogens with one attached hydrogen (secondary N) is 1. The Morgan fingerprint density at radius 2 is 2.38 bits per heavy atom. The molecular weight excluding hydrogens is 219 g/mol. The first-order valence-corrected chi connectivity index (χ1v) is 1.92. The third-order valence-corrected chi connectivity index (χ3v) is 0.656. The maximum Gasteiger partial charge on any atom is 0.410 e. The lowest BCUT2D eigenvalue weighted by atomic mass is 10.9. The lowest BCUT2D eigenvalue weighted by Crippen LogP contribution is -3.00. The lowest BCUT2D eigenvalue weighted by molar-refractivity contribution is -0.00000184. The Kier molecular flexibility index (Phi) is 2.99. The molecule has 5 heteroatoms. The van der Waals surface area contributed by atoms with Crippen LogP contribution in [0.2, 0.25) is 0 Å². The summed E-state index contributed by atoms with van der Waals surface area (Å²) in [4.78, 5) is 0. The van der Waals surface area contributed by atoms with Crippen LogP contribution in [-0.4, -0.2) is 17.2 Å². The van der Waals surface area contributed by atoms with Crippen LogP contribution in [-0.2, 0) is 0 Å². The molecule has 0 aromatic rings. The Morgan fingerprint density at radius 3 is 2.50 bits per heavy atom. The molecule has 0 aromatic carbocycles. The van der Waals surface area contributed by atoms with E-state index in [1.54, 1.807) is 11.2 Å². The molecule has 3 N–H and O–H groups in total. The average molecular weight is 226 g/mol. The molecule has 0 unspecified atom stereocenters. The predicted molar refractivity (Wildman–Crippen MR) is 24.7 cm³/mol. The average Bonchev–Trinajstić information content (AvgIpc) is 1.87. The van der Waals surface area contributed by atoms with Gasteiger partial charge in [-0.1, -0.05) is 10.5 Å². The fourth-order valence-electron chi connectivity index (χ4n) is 0.380. The molecule has 8 heavy (non-hydrogen) atoms. The molecule has 1 heterocycles. The number of nitrogens with two attached hydrogens (primary N) is 1. The number of rotatable bonds is 0. The minimum atomic E-state index is 0. The summed E-state index contributed by atoms with van der Waals surface area (Å²) in [5, 5.41) is 2.94. The van der Waals surface area contributed by atoms with Gasteiger partial charge in [-0.2, -0.15) is 5.12 Å². The molecular formula is C3H7IN4. The SMILES string of the molecule is CN1[C+]=CN(N)N1.[I-]. The van der Waals surface area contributed by atoms with E-state index >= 15 is 0 Å². The van der Waals surface area contributed by atoms with Gasteiger partial charge in [0.25, 0.3) is 0 Å². The van der Waals surface area contributed by atoms with E-state index in [9.17, 15) is 0 Å². The van der Waals surface area contributed by atoms with E-state index < -0.39 is 0 Å². The van der Waals surface area contributed by atoms with Gasteiger partial charge in [-0.15, -0.1) is 0 Å². The van der Waals surface area contributed by atoms with Crippen LogP contribution in [0.25, 0.3) is 0 Å². The van der Waals surface area contributed by atoms with Gasteiger partial charge in [0, 0.05) is 0 Å². The topological polar surface area (TPSA) is 44.5 Å². The summed E-state index contributed by atoms with van der Waals surface area (Å²) in [5.74, 6) is 5.19. The van der Waals surface area contributed by atoms with Crippen molar-refractivity contribution in [1.29, 1.82) is 0 Å². The molecule has 0 aromatic heterocycles. The smallest absolute Gasteiger partial charge is 0.410 e. The van der Waals surface area contributed by atoms with Crippen LogP contribution in [0.4, 0.5) is 0 Å². The van der Waals surface area contributed by atoms with Crippen LogP contribution < -0.4 is 35.4 Å². The van der Waals surface area contributed by atoms with Crippen molar-refractivity contribution in [1.82, 2.24) is 15.7 Å². The quantitative estimate of drug-likeness (QED) is 0.250. The van der Waals surface area contributed by atoms with Gasteiger partial charge in [-0.05, 0) is 0 Å². The minimum Gasteiger partial charge on any atom is -1.00 e. The number of hydrazine groups is 3. The van der Waals surface area contributed by atoms with Crippen molar-refractivity contribution < 1.29 is 24.0 Å². The molecule has 1 aliphatic heterocycles. The highest BCUT2D eigenvalue weighted by Crippen LogP contribution is 1.86. The van der Waals surface area contributed by atoms with Crippen molar-refractivity contribution in [2.45, 2.75) is 0 Å². The third-order valence-electron chi connectivity index (χ3n) is 0.656. The van der Waals surface area contributed by atoms with Gasteiger partial charge in [0.05, 0.1) is 7.05 Å². The number of hydrogen-bond donors (Lipinski definition) is 2. The normalized spacial score (nSPS) is 15.8. The summed E-state index contributed by atoms with van der Waals surface area (Å²) in [6.45, 7) is 0. The molecule has 0 spiro atoms. The fourth-order valence-corrected chi connectivity index (χ4v) is 0.380. The zero-order valence-corrected chi connectivity index (χ0v) is 6.58. The molecule has 46 valence electrons. The second-order valence-electron chi connectivity index (χ2n) is 1.32. The molecule has 0 amide bonds. The molecule has 0 aliphatic carbocycles. The van der Waals surface area contributed by atoms with Gasteiger partial charge in [0.1, 0.15) is 0 Å². The van der Waals surface area contributed by atoms with Crippen LogP contribution >= 0.6 is 0 Å². The second-order valence-corrected chi connectivity index (χ2v) is 1.32. The summed E-state index contributed by atoms with van der Waals surface area (Å²) >= 11 is 0. The zero-order valence-electron chi connectivity index (χ0n) is 4.43. The summed E-state index contributed by atoms with van der Waals surface area (Å²) in [7, 11) is 1.81. The van der Waals surface area contributed by atoms with E-state index in [-0.39, 0.29) is 24.0 Å². The van der Waals surface area contributed by atoms with Crippen molar-refractivity contribution in [3.8, 4) is 0 Å². The Bertz CT molecular complexity index is 83.3. The standard InChI is InChI=1S/C3H7N4.HI/c1-6-2-3-7(4)5-6;/h3,5H,4H2,1H3;1H/q+1;/p-1. The number of halogens is 1. The van der Waals surface area contributed by atoms with Gasteiger partial charge >= 0.3 is 12.4 Å². The summed E-state index contributed by atoms with van der Waals surface area (Å²) in [6.07, 6.45) is 4.36. The molecule has 0 saturated heterocycles. The molecule has 1 aliphatic rings. The van der Waals surface area contributed by atoms with Crippen molar-refractivity contribution in [2.75, 3.05) is 7.05 Å². The second kappa shape index (κ2) is 3.03. The van der Waals surface area contributed by atoms with E-state index in [4.69, 9.17) is 5.84 Å². The van der Waals surface area contributed by atoms with Crippen LogP contribution in [0.3, 0.4) is 0 Å². The van der Waals surface area contributed by atoms with E-state index in [0.29, 0.717) is 0 Å². The highest BCUT2D eigenvalue weighted by molar-refractivity contribution is 4.71. The summed E-state index contributed by atoms with van der Waals surface area (Å²) in [5.41, 5.74) is 2.69. The Balaban J connectivity index is 0.000000490. The number of hydrogen-bond acceptors (Lipinski definition) is 4. The number of nitrogens with zero attached hydrogens (tertiary/aromatic N) is 2. The largest absolute Gasteiger partial charge is 1.00 e. The predicted octanol–water partition coefficient (Wildman–Crippen LogP) is -4.19. The molecule has 0 radical (unpaired) electrons. The molecule has 4 nitrogen and oxygen atoms in total. The first-order chi connectivity index (χ1) is 3.29. The van der Waals surface area contributed by atoms with Crippen molar-refractivity contribution in [2.24, 2.45) is 5.84 Å². The van der Waals surface area contributed by atoms with E-state index in [0.717, 1.165) is 0 Å². The summed E-state index contributed by atoms with van der Waals surface area (Å²) < 4.78 is 0. The van der Waals surface area contributed by atoms with E-state index in [1.165, 1.54) is 5.12 Å². The van der Waals surface area contributed by atoms with Crippen molar-refractivity contribution >= 4 is 0 Å². The maximum atomic E-state index is 5.19. The van der Waals surface area contributed by atoms with Gasteiger partial charge in [0.15, 0.2) is 0 Å². The lowest BCUT2D eigenvalue weighted by Gasteiger charge is -2.02. The highest BCUT2D eigenvalue weighted by Gasteiger charge is 2.15. The highest BCUT2D eigenvalue weighted by atomic mass is 127. The third kappa shape index (κ3) is 1.79. The van der Waals surface area contributed by atoms with Crippen molar-refractivity contribution in [3.63, 3.8) is 0 Å². The molecule has 1 rings (SSSR count). The Morgan fingerprint density at radius 1 is 1.75 bits per heavy atom. The van der Waals surface area contributed by atoms with Gasteiger partial charge in [-0.25, -0.2) is 5.84 Å². The van der Waals surface area contributed by atoms with Gasteiger partial charge in [-0.3, -0.25) is 0 Å². The van der Waals surface area contributed by atoms with Crippen molar-refractivity contribution in [3.05, 3.63) is 12.4 Å². The van der Waals surface area contributed by atoms with Crippen LogP contribution in [0.5, 0.6) is 0 Å². The molecule has 0 bridgehead atoms. The van der Waals surface area contributed by atoms with Crippen LogP contribution in [0.15, 0.2) is 6.20 Å². The zero-order chi connectivity index (χ0) is 5.28. The monoisotopic (exact) mass is 226 g/mol. The van der Waals surface area contributed by atoms with Crippen LogP contribution in [0, 0.1) is 6.20 Å². The maximum absolute atomic E-state index is 5.19. The van der Waals surface area contributed by atoms with Gasteiger partial charge < -0.3 is 24.0 Å². The Labute approximate surface area is 65.2 Å². The van der Waals surface area contributed by atoms with E-state index in [1.807, 2.05) is 7.05 Å². The fraction of sp³-hybridized carbons (Fsp3) is 0.333. The molecule has 0 fully saturated rings. The van der Waals surface area contributed by atoms with E-state index in [2.05, 4.69) is 11.7 Å². The first-order valence-electron chi connectivity index (χ1n) is 1.92. The summed E-state index contributed by atoms with van der Waals surface area (Å²) in [6, 6.07) is 0. The minimum absolute atomic E-state index is 0. The molecule has 0 atom stereocenters. The first kappa shape index (κ1) is 7.90. The van der Waals surface area contributed by atoms with Crippen LogP contribution in [0.1, 0.15) is 0 Å². The van der Waals surface area contributed by atoms with Gasteiger partial charge in [0.2, 0.25) is 0 Å². The molecule has 0 saturated carbocycles.